The molecule has 0 aliphatic carbocycles. The van der Waals surface area contributed by atoms with E-state index in [2.05, 4.69) is 24.9 Å². The SMILES string of the molecule is [3H]c1nc(=NC/C=C(\C)CO)c2[nH]cnc2[nH]1. The molecule has 0 fully saturated rings. The van der Waals surface area contributed by atoms with Crippen molar-refractivity contribution in [1.29, 1.82) is 0 Å². The Hall–Kier alpha value is -1.95. The van der Waals surface area contributed by atoms with Gasteiger partial charge in [-0.25, -0.2) is 9.97 Å². The first-order chi connectivity index (χ1) is 8.20. The van der Waals surface area contributed by atoms with Gasteiger partial charge >= 0.3 is 0 Å². The van der Waals surface area contributed by atoms with Crippen LogP contribution in [0.1, 0.15) is 8.29 Å². The quantitative estimate of drug-likeness (QED) is 0.643. The van der Waals surface area contributed by atoms with Crippen LogP contribution in [0.3, 0.4) is 0 Å². The zero-order chi connectivity index (χ0) is 12.3. The van der Waals surface area contributed by atoms with Gasteiger partial charge in [-0.2, -0.15) is 0 Å². The molecule has 0 atom stereocenters. The maximum atomic E-state index is 8.84. The molecule has 0 aliphatic rings. The lowest BCUT2D eigenvalue weighted by molar-refractivity contribution is 0.331. The number of hydrogen-bond acceptors (Lipinski definition) is 4. The number of H-pyrrole nitrogens is 2. The summed E-state index contributed by atoms with van der Waals surface area (Å²) in [6.45, 7) is 2.26. The van der Waals surface area contributed by atoms with Crippen molar-refractivity contribution in [2.45, 2.75) is 6.92 Å². The fourth-order valence-electron chi connectivity index (χ4n) is 1.22. The van der Waals surface area contributed by atoms with Crippen molar-refractivity contribution >= 4 is 11.2 Å². The number of nitrogens with zero attached hydrogens (tertiary/aromatic N) is 3. The zero-order valence-electron chi connectivity index (χ0n) is 9.86. The van der Waals surface area contributed by atoms with Crippen LogP contribution in [-0.2, 0) is 0 Å². The van der Waals surface area contributed by atoms with Gasteiger partial charge in [0, 0.05) is 0 Å². The Labute approximate surface area is 93.2 Å². The van der Waals surface area contributed by atoms with Gasteiger partial charge in [-0.1, -0.05) is 11.6 Å². The highest BCUT2D eigenvalue weighted by Crippen LogP contribution is 1.96. The van der Waals surface area contributed by atoms with Crippen molar-refractivity contribution in [2.75, 3.05) is 13.2 Å². The molecule has 84 valence electrons. The van der Waals surface area contributed by atoms with E-state index in [0.29, 0.717) is 23.2 Å². The molecular formula is C10H13N5O. The van der Waals surface area contributed by atoms with Crippen LogP contribution >= 0.6 is 0 Å². The molecule has 2 heterocycles. The van der Waals surface area contributed by atoms with E-state index < -0.39 is 0 Å². The first kappa shape index (κ1) is 9.29. The summed E-state index contributed by atoms with van der Waals surface area (Å²) in [6, 6.07) is 0. The van der Waals surface area contributed by atoms with Gasteiger partial charge in [0.1, 0.15) is 6.89 Å². The van der Waals surface area contributed by atoms with Crippen molar-refractivity contribution < 1.29 is 6.48 Å². The summed E-state index contributed by atoms with van der Waals surface area (Å²) >= 11 is 0. The molecular weight excluding hydrogens is 206 g/mol. The smallest absolute Gasteiger partial charge is 0.176 e. The lowest BCUT2D eigenvalue weighted by atomic mass is 10.3. The molecule has 2 aromatic heterocycles. The maximum Gasteiger partial charge on any atom is 0.176 e. The Kier molecular flexibility index (Phi) is 2.74. The van der Waals surface area contributed by atoms with E-state index in [-0.39, 0.29) is 12.9 Å². The summed E-state index contributed by atoms with van der Waals surface area (Å²) < 4.78 is 7.48. The predicted molar refractivity (Wildman–Crippen MR) is 59.5 cm³/mol. The molecule has 0 unspecified atom stereocenters. The average molecular weight is 221 g/mol. The van der Waals surface area contributed by atoms with Crippen LogP contribution in [0.5, 0.6) is 0 Å². The molecule has 0 spiro atoms. The Morgan fingerprint density at radius 3 is 3.31 bits per heavy atom. The van der Waals surface area contributed by atoms with Crippen LogP contribution in [0.2, 0.25) is 0 Å². The Balaban J connectivity index is 2.40. The van der Waals surface area contributed by atoms with E-state index in [0.717, 1.165) is 5.57 Å². The van der Waals surface area contributed by atoms with Gasteiger partial charge < -0.3 is 15.1 Å². The molecule has 6 heteroatoms. The summed E-state index contributed by atoms with van der Waals surface area (Å²) in [4.78, 5) is 17.9. The highest BCUT2D eigenvalue weighted by atomic mass is 16.3. The molecule has 0 bridgehead atoms. The average Bonchev–Trinajstić information content (AvgIpc) is 2.76. The summed E-state index contributed by atoms with van der Waals surface area (Å²) in [5.74, 6) is 0. The second kappa shape index (κ2) is 4.71. The molecule has 16 heavy (non-hydrogen) atoms. The monoisotopic (exact) mass is 221 g/mol. The van der Waals surface area contributed by atoms with Crippen LogP contribution in [0.4, 0.5) is 0 Å². The number of hydrogen-bond donors (Lipinski definition) is 3. The second-order valence-corrected chi connectivity index (χ2v) is 3.35. The van der Waals surface area contributed by atoms with Crippen LogP contribution < -0.4 is 5.49 Å². The first-order valence-corrected chi connectivity index (χ1v) is 4.87. The van der Waals surface area contributed by atoms with Crippen molar-refractivity contribution in [3.8, 4) is 0 Å². The largest absolute Gasteiger partial charge is 0.392 e. The van der Waals surface area contributed by atoms with Crippen molar-refractivity contribution in [3.63, 3.8) is 0 Å². The highest BCUT2D eigenvalue weighted by molar-refractivity contribution is 5.67. The zero-order valence-corrected chi connectivity index (χ0v) is 8.86. The van der Waals surface area contributed by atoms with E-state index in [9.17, 15) is 0 Å². The normalized spacial score (nSPS) is 14.5. The maximum absolute atomic E-state index is 8.84. The molecule has 0 amide bonds. The molecule has 0 aliphatic heterocycles. The van der Waals surface area contributed by atoms with Gasteiger partial charge in [0.2, 0.25) is 0 Å². The van der Waals surface area contributed by atoms with Gasteiger partial charge in [0.15, 0.2) is 11.1 Å². The van der Waals surface area contributed by atoms with E-state index >= 15 is 0 Å². The fraction of sp³-hybridized carbons (Fsp3) is 0.300. The van der Waals surface area contributed by atoms with E-state index in [1.165, 1.54) is 6.33 Å². The number of nitrogens with one attached hydrogen (secondary N) is 2. The van der Waals surface area contributed by atoms with Gasteiger partial charge in [-0.05, 0) is 6.92 Å². The predicted octanol–water partition coefficient (Wildman–Crippen LogP) is 0.125. The van der Waals surface area contributed by atoms with Gasteiger partial charge in [-0.15, -0.1) is 0 Å². The van der Waals surface area contributed by atoms with Crippen LogP contribution in [0.15, 0.2) is 29.3 Å². The minimum absolute atomic E-state index is 0.0196. The number of aromatic nitrogens is 4. The van der Waals surface area contributed by atoms with Crippen molar-refractivity contribution in [3.05, 3.63) is 29.8 Å². The lowest BCUT2D eigenvalue weighted by Gasteiger charge is -1.92. The van der Waals surface area contributed by atoms with Crippen molar-refractivity contribution in [1.82, 2.24) is 19.9 Å². The number of aliphatic hydroxyl groups is 1. The van der Waals surface area contributed by atoms with Crippen LogP contribution in [0, 0.1) is 0 Å². The Morgan fingerprint density at radius 1 is 1.62 bits per heavy atom. The number of aromatic amines is 2. The number of rotatable bonds is 3. The number of aliphatic hydroxyl groups excluding tert-OH is 1. The third kappa shape index (κ3) is 2.17. The lowest BCUT2D eigenvalue weighted by Crippen LogP contribution is -2.10. The number of imidazole rings is 1. The second-order valence-electron chi connectivity index (χ2n) is 3.35. The van der Waals surface area contributed by atoms with E-state index in [1.807, 2.05) is 13.0 Å². The first-order valence-electron chi connectivity index (χ1n) is 5.37. The minimum Gasteiger partial charge on any atom is -0.392 e. The molecule has 3 N–H and O–H groups in total. The van der Waals surface area contributed by atoms with Gasteiger partial charge in [-0.3, -0.25) is 4.99 Å². The fourth-order valence-corrected chi connectivity index (χ4v) is 1.22. The third-order valence-corrected chi connectivity index (χ3v) is 2.13. The molecule has 0 saturated carbocycles. The Morgan fingerprint density at radius 2 is 2.50 bits per heavy atom. The third-order valence-electron chi connectivity index (χ3n) is 2.13. The minimum atomic E-state index is 0.0196. The molecule has 0 saturated heterocycles. The van der Waals surface area contributed by atoms with E-state index in [1.54, 1.807) is 0 Å². The van der Waals surface area contributed by atoms with Crippen LogP contribution in [-0.4, -0.2) is 38.2 Å². The summed E-state index contributed by atoms with van der Waals surface area (Å²) in [6.07, 6.45) is 3.35. The highest BCUT2D eigenvalue weighted by Gasteiger charge is 1.97. The van der Waals surface area contributed by atoms with E-state index in [4.69, 9.17) is 6.48 Å². The van der Waals surface area contributed by atoms with Crippen LogP contribution in [0.25, 0.3) is 11.2 Å². The van der Waals surface area contributed by atoms with Gasteiger partial charge in [0.05, 0.1) is 25.8 Å². The number of fused-ring (bicyclic) bond motifs is 1. The topological polar surface area (TPSA) is 89.9 Å². The summed E-state index contributed by atoms with van der Waals surface area (Å²) in [5.41, 5.74) is 2.54. The van der Waals surface area contributed by atoms with Gasteiger partial charge in [0.25, 0.3) is 0 Å². The Bertz CT molecular complexity index is 612. The standard InChI is InChI=1S/C10H13N5O/c1-7(4-16)2-3-11-9-8-10(13-5-12-8)15-6-14-9/h2,5-6,16H,3-4H2,1H3,(H2,11,12,13,14,15)/b7-2+/i6T. The summed E-state index contributed by atoms with van der Waals surface area (Å²) in [7, 11) is 0. The molecule has 6 nitrogen and oxygen atoms in total. The molecule has 2 rings (SSSR count). The molecule has 0 aromatic carbocycles. The summed E-state index contributed by atoms with van der Waals surface area (Å²) in [5, 5.41) is 8.84. The van der Waals surface area contributed by atoms with Crippen molar-refractivity contribution in [2.24, 2.45) is 4.99 Å². The molecule has 2 aromatic rings. The molecule has 0 radical (unpaired) electrons.